The summed E-state index contributed by atoms with van der Waals surface area (Å²) in [4.78, 5) is 11.2. The van der Waals surface area contributed by atoms with Gasteiger partial charge < -0.3 is 15.2 Å². The number of carbonyl (C=O) groups is 1. The highest BCUT2D eigenvalue weighted by atomic mass is 35.5. The van der Waals surface area contributed by atoms with Crippen LogP contribution in [-0.4, -0.2) is 24.2 Å². The molecular formula is C18H20ClNO3. The van der Waals surface area contributed by atoms with Gasteiger partial charge in [0.25, 0.3) is 0 Å². The van der Waals surface area contributed by atoms with Gasteiger partial charge in [0.2, 0.25) is 0 Å². The number of halogens is 1. The molecule has 0 aromatic heterocycles. The van der Waals surface area contributed by atoms with Gasteiger partial charge in [-0.15, -0.1) is 0 Å². The van der Waals surface area contributed by atoms with E-state index < -0.39 is 5.97 Å². The highest BCUT2D eigenvalue weighted by Gasteiger charge is 2.09. The number of aryl methyl sites for hydroxylation is 2. The minimum Gasteiger partial charge on any atom is -0.494 e. The van der Waals surface area contributed by atoms with Crippen molar-refractivity contribution in [1.29, 1.82) is 0 Å². The van der Waals surface area contributed by atoms with Gasteiger partial charge in [0.15, 0.2) is 0 Å². The fraction of sp³-hybridized carbons (Fsp3) is 0.278. The number of carboxylic acid groups (broad SMARTS) is 1. The first kappa shape index (κ1) is 17.2. The monoisotopic (exact) mass is 333 g/mol. The van der Waals surface area contributed by atoms with Crippen molar-refractivity contribution in [2.24, 2.45) is 0 Å². The lowest BCUT2D eigenvalue weighted by molar-refractivity contribution is 0.0698. The van der Waals surface area contributed by atoms with Gasteiger partial charge >= 0.3 is 5.97 Å². The molecule has 4 nitrogen and oxygen atoms in total. The average molecular weight is 334 g/mol. The maximum Gasteiger partial charge on any atom is 0.337 e. The van der Waals surface area contributed by atoms with Crippen molar-refractivity contribution in [3.8, 4) is 5.75 Å². The van der Waals surface area contributed by atoms with E-state index in [0.29, 0.717) is 24.4 Å². The number of ether oxygens (including phenoxy) is 1. The van der Waals surface area contributed by atoms with Crippen LogP contribution in [0.4, 0.5) is 5.69 Å². The van der Waals surface area contributed by atoms with Gasteiger partial charge in [0, 0.05) is 17.3 Å². The van der Waals surface area contributed by atoms with Crippen LogP contribution in [0.2, 0.25) is 5.02 Å². The smallest absolute Gasteiger partial charge is 0.337 e. The molecule has 122 valence electrons. The zero-order chi connectivity index (χ0) is 16.8. The molecule has 0 radical (unpaired) electrons. The molecule has 0 saturated carbocycles. The predicted molar refractivity (Wildman–Crippen MR) is 92.9 cm³/mol. The van der Waals surface area contributed by atoms with E-state index in [4.69, 9.17) is 16.3 Å². The standard InChI is InChI=1S/C18H20ClNO3/c1-12-4-7-17(15(10-12)18(21)22)20-8-3-9-23-14-5-6-16(19)13(2)11-14/h4-7,10-11,20H,3,8-9H2,1-2H3,(H,21,22). The Balaban J connectivity index is 1.81. The second kappa shape index (κ2) is 7.88. The van der Waals surface area contributed by atoms with Crippen LogP contribution < -0.4 is 10.1 Å². The number of carboxylic acids is 1. The van der Waals surface area contributed by atoms with E-state index in [1.165, 1.54) is 0 Å². The van der Waals surface area contributed by atoms with Gasteiger partial charge in [-0.05, 0) is 56.2 Å². The Kier molecular flexibility index (Phi) is 5.88. The highest BCUT2D eigenvalue weighted by molar-refractivity contribution is 6.31. The molecule has 0 fully saturated rings. The molecule has 2 aromatic rings. The van der Waals surface area contributed by atoms with E-state index in [1.54, 1.807) is 12.1 Å². The third-order valence-electron chi connectivity index (χ3n) is 3.44. The van der Waals surface area contributed by atoms with Gasteiger partial charge in [-0.1, -0.05) is 23.2 Å². The first-order chi connectivity index (χ1) is 11.0. The molecule has 0 amide bonds. The maximum atomic E-state index is 11.2. The number of benzene rings is 2. The fourth-order valence-corrected chi connectivity index (χ4v) is 2.30. The number of nitrogens with one attached hydrogen (secondary N) is 1. The largest absolute Gasteiger partial charge is 0.494 e. The second-order valence-corrected chi connectivity index (χ2v) is 5.80. The summed E-state index contributed by atoms with van der Waals surface area (Å²) in [5.41, 5.74) is 2.83. The molecular weight excluding hydrogens is 314 g/mol. The maximum absolute atomic E-state index is 11.2. The third kappa shape index (κ3) is 4.89. The molecule has 0 atom stereocenters. The molecule has 0 heterocycles. The molecule has 0 aliphatic rings. The molecule has 5 heteroatoms. The Morgan fingerprint density at radius 3 is 2.70 bits per heavy atom. The van der Waals surface area contributed by atoms with E-state index in [1.807, 2.05) is 38.1 Å². The summed E-state index contributed by atoms with van der Waals surface area (Å²) in [5, 5.41) is 13.1. The van der Waals surface area contributed by atoms with Crippen molar-refractivity contribution in [2.45, 2.75) is 20.3 Å². The summed E-state index contributed by atoms with van der Waals surface area (Å²) >= 11 is 5.97. The van der Waals surface area contributed by atoms with Crippen LogP contribution in [0.1, 0.15) is 27.9 Å². The van der Waals surface area contributed by atoms with E-state index in [0.717, 1.165) is 28.3 Å². The molecule has 0 spiro atoms. The molecule has 2 aromatic carbocycles. The van der Waals surface area contributed by atoms with Gasteiger partial charge in [-0.25, -0.2) is 4.79 Å². The van der Waals surface area contributed by atoms with Crippen molar-refractivity contribution in [3.63, 3.8) is 0 Å². The second-order valence-electron chi connectivity index (χ2n) is 5.39. The van der Waals surface area contributed by atoms with Gasteiger partial charge in [-0.3, -0.25) is 0 Å². The Labute approximate surface area is 141 Å². The summed E-state index contributed by atoms with van der Waals surface area (Å²) in [7, 11) is 0. The third-order valence-corrected chi connectivity index (χ3v) is 3.86. The van der Waals surface area contributed by atoms with Gasteiger partial charge in [0.1, 0.15) is 5.75 Å². The lowest BCUT2D eigenvalue weighted by atomic mass is 10.1. The molecule has 2 rings (SSSR count). The molecule has 0 aliphatic carbocycles. The van der Waals surface area contributed by atoms with Crippen molar-refractivity contribution >= 4 is 23.3 Å². The first-order valence-electron chi connectivity index (χ1n) is 7.44. The van der Waals surface area contributed by atoms with E-state index in [2.05, 4.69) is 5.32 Å². The van der Waals surface area contributed by atoms with E-state index in [-0.39, 0.29) is 0 Å². The van der Waals surface area contributed by atoms with E-state index >= 15 is 0 Å². The molecule has 2 N–H and O–H groups in total. The Hall–Kier alpha value is -2.20. The minimum atomic E-state index is -0.927. The number of rotatable bonds is 7. The minimum absolute atomic E-state index is 0.291. The fourth-order valence-electron chi connectivity index (χ4n) is 2.18. The lowest BCUT2D eigenvalue weighted by Gasteiger charge is -2.11. The summed E-state index contributed by atoms with van der Waals surface area (Å²) in [6, 6.07) is 10.9. The van der Waals surface area contributed by atoms with Gasteiger partial charge in [0.05, 0.1) is 12.2 Å². The number of aromatic carboxylic acids is 1. The number of anilines is 1. The number of hydrogen-bond donors (Lipinski definition) is 2. The molecule has 0 bridgehead atoms. The molecule has 0 saturated heterocycles. The van der Waals surface area contributed by atoms with Crippen molar-refractivity contribution in [3.05, 3.63) is 58.1 Å². The SMILES string of the molecule is Cc1ccc(NCCCOc2ccc(Cl)c(C)c2)c(C(=O)O)c1. The quantitative estimate of drug-likeness (QED) is 0.730. The first-order valence-corrected chi connectivity index (χ1v) is 7.82. The van der Waals surface area contributed by atoms with Crippen molar-refractivity contribution in [2.75, 3.05) is 18.5 Å². The van der Waals surface area contributed by atoms with E-state index in [9.17, 15) is 9.90 Å². The zero-order valence-electron chi connectivity index (χ0n) is 13.2. The highest BCUT2D eigenvalue weighted by Crippen LogP contribution is 2.21. The van der Waals surface area contributed by atoms with Crippen LogP contribution in [0.5, 0.6) is 5.75 Å². The van der Waals surface area contributed by atoms with Crippen molar-refractivity contribution < 1.29 is 14.6 Å². The Morgan fingerprint density at radius 2 is 2.00 bits per heavy atom. The zero-order valence-corrected chi connectivity index (χ0v) is 14.0. The average Bonchev–Trinajstić information content (AvgIpc) is 2.51. The van der Waals surface area contributed by atoms with Crippen LogP contribution >= 0.6 is 11.6 Å². The number of hydrogen-bond acceptors (Lipinski definition) is 3. The van der Waals surface area contributed by atoms with Crippen LogP contribution in [0.25, 0.3) is 0 Å². The van der Waals surface area contributed by atoms with Gasteiger partial charge in [-0.2, -0.15) is 0 Å². The summed E-state index contributed by atoms with van der Waals surface area (Å²) in [5.74, 6) is -0.141. The summed E-state index contributed by atoms with van der Waals surface area (Å²) in [6.07, 6.45) is 0.759. The Bertz CT molecular complexity index is 701. The molecule has 0 unspecified atom stereocenters. The normalized spacial score (nSPS) is 10.4. The van der Waals surface area contributed by atoms with Crippen molar-refractivity contribution in [1.82, 2.24) is 0 Å². The van der Waals surface area contributed by atoms with Crippen LogP contribution in [0.3, 0.4) is 0 Å². The Morgan fingerprint density at radius 1 is 1.22 bits per heavy atom. The molecule has 0 aliphatic heterocycles. The summed E-state index contributed by atoms with van der Waals surface area (Å²) < 4.78 is 5.66. The topological polar surface area (TPSA) is 58.6 Å². The van der Waals surface area contributed by atoms with Crippen LogP contribution in [0.15, 0.2) is 36.4 Å². The van der Waals surface area contributed by atoms with Crippen LogP contribution in [0, 0.1) is 13.8 Å². The summed E-state index contributed by atoms with van der Waals surface area (Å²) in [6.45, 7) is 4.98. The predicted octanol–water partition coefficient (Wildman–Crippen LogP) is 4.54. The van der Waals surface area contributed by atoms with Crippen LogP contribution in [-0.2, 0) is 0 Å². The lowest BCUT2D eigenvalue weighted by Crippen LogP contribution is -2.10. The molecule has 23 heavy (non-hydrogen) atoms.